The molecule has 2 aromatic rings. The lowest BCUT2D eigenvalue weighted by Crippen LogP contribution is -2.62. The van der Waals surface area contributed by atoms with Gasteiger partial charge in [0.05, 0.1) is 12.2 Å². The third-order valence-corrected chi connectivity index (χ3v) is 9.61. The Kier molecular flexibility index (Phi) is 8.95. The van der Waals surface area contributed by atoms with E-state index in [0.29, 0.717) is 30.1 Å². The molecule has 4 saturated heterocycles. The van der Waals surface area contributed by atoms with E-state index in [1.807, 2.05) is 44.9 Å². The SMILES string of the molecule is CN1CCN([C@@H]2CCCN(c3cnc(C(N)=O)c(Nc4ccc(C5CCN(C6CN(C(=O)OC(C)(C)C)C6)CC5)cc4)n3)C2)C1=O. The van der Waals surface area contributed by atoms with Crippen molar-refractivity contribution >= 4 is 35.4 Å². The molecule has 4 aliphatic heterocycles. The van der Waals surface area contributed by atoms with E-state index in [1.165, 1.54) is 5.56 Å². The molecule has 248 valence electrons. The van der Waals surface area contributed by atoms with E-state index in [4.69, 9.17) is 15.5 Å². The normalized spacial score (nSPS) is 21.8. The number of carbonyl (C=O) groups is 3. The van der Waals surface area contributed by atoms with E-state index in [2.05, 4.69) is 32.2 Å². The average Bonchev–Trinajstić information content (AvgIpc) is 3.33. The summed E-state index contributed by atoms with van der Waals surface area (Å²) >= 11 is 0. The first-order valence-electron chi connectivity index (χ1n) is 16.5. The summed E-state index contributed by atoms with van der Waals surface area (Å²) in [5, 5.41) is 3.28. The molecule has 1 atom stereocenters. The molecule has 0 saturated carbocycles. The second-order valence-corrected chi connectivity index (χ2v) is 14.0. The number of carbonyl (C=O) groups excluding carboxylic acids is 3. The summed E-state index contributed by atoms with van der Waals surface area (Å²) < 4.78 is 5.50. The lowest BCUT2D eigenvalue weighted by molar-refractivity contribution is -0.0196. The zero-order valence-electron chi connectivity index (χ0n) is 27.4. The van der Waals surface area contributed by atoms with E-state index >= 15 is 0 Å². The van der Waals surface area contributed by atoms with E-state index in [9.17, 15) is 14.4 Å². The Morgan fingerprint density at radius 3 is 2.30 bits per heavy atom. The number of likely N-dealkylation sites (N-methyl/N-ethyl adjacent to an activating group) is 1. The van der Waals surface area contributed by atoms with Gasteiger partial charge in [0, 0.05) is 58.0 Å². The topological polar surface area (TPSA) is 140 Å². The lowest BCUT2D eigenvalue weighted by atomic mass is 9.88. The van der Waals surface area contributed by atoms with Crippen LogP contribution in [0.3, 0.4) is 0 Å². The number of hydrogen-bond donors (Lipinski definition) is 2. The van der Waals surface area contributed by atoms with Gasteiger partial charge in [-0.25, -0.2) is 19.6 Å². The van der Waals surface area contributed by atoms with Crippen LogP contribution < -0.4 is 16.0 Å². The lowest BCUT2D eigenvalue weighted by Gasteiger charge is -2.47. The Morgan fingerprint density at radius 1 is 0.957 bits per heavy atom. The number of likely N-dealkylation sites (tertiary alicyclic amines) is 2. The van der Waals surface area contributed by atoms with E-state index in [-0.39, 0.29) is 23.9 Å². The number of piperidine rings is 2. The van der Waals surface area contributed by atoms with Gasteiger partial charge < -0.3 is 35.4 Å². The molecule has 0 spiro atoms. The van der Waals surface area contributed by atoms with Crippen molar-refractivity contribution < 1.29 is 19.1 Å². The van der Waals surface area contributed by atoms with E-state index in [0.717, 1.165) is 77.2 Å². The second kappa shape index (κ2) is 12.9. The third-order valence-electron chi connectivity index (χ3n) is 9.61. The molecule has 0 radical (unpaired) electrons. The van der Waals surface area contributed by atoms with Crippen molar-refractivity contribution in [3.63, 3.8) is 0 Å². The number of amides is 4. The number of rotatable bonds is 7. The molecule has 4 aliphatic rings. The zero-order chi connectivity index (χ0) is 32.6. The Labute approximate surface area is 271 Å². The molecule has 13 heteroatoms. The molecule has 1 aromatic heterocycles. The maximum atomic E-state index is 12.6. The van der Waals surface area contributed by atoms with Crippen LogP contribution in [-0.4, -0.2) is 125 Å². The largest absolute Gasteiger partial charge is 0.444 e. The fourth-order valence-corrected chi connectivity index (χ4v) is 6.96. The van der Waals surface area contributed by atoms with Crippen molar-refractivity contribution in [3.8, 4) is 0 Å². The highest BCUT2D eigenvalue weighted by Crippen LogP contribution is 2.32. The van der Waals surface area contributed by atoms with Crippen molar-refractivity contribution in [3.05, 3.63) is 41.7 Å². The van der Waals surface area contributed by atoms with Gasteiger partial charge in [-0.1, -0.05) is 12.1 Å². The molecule has 0 bridgehead atoms. The van der Waals surface area contributed by atoms with Crippen LogP contribution in [0, 0.1) is 0 Å². The molecule has 3 N–H and O–H groups in total. The molecule has 5 heterocycles. The predicted molar refractivity (Wildman–Crippen MR) is 175 cm³/mol. The van der Waals surface area contributed by atoms with Crippen LogP contribution in [0.15, 0.2) is 30.5 Å². The van der Waals surface area contributed by atoms with Gasteiger partial charge in [0.15, 0.2) is 11.5 Å². The van der Waals surface area contributed by atoms with Gasteiger partial charge in [-0.15, -0.1) is 0 Å². The highest BCUT2D eigenvalue weighted by atomic mass is 16.6. The van der Waals surface area contributed by atoms with Crippen molar-refractivity contribution in [2.24, 2.45) is 5.73 Å². The van der Waals surface area contributed by atoms with Gasteiger partial charge in [0.2, 0.25) is 0 Å². The summed E-state index contributed by atoms with van der Waals surface area (Å²) in [4.78, 5) is 56.5. The molecule has 4 amide bonds. The number of ether oxygens (including phenoxy) is 1. The van der Waals surface area contributed by atoms with Crippen LogP contribution in [0.5, 0.6) is 0 Å². The highest BCUT2D eigenvalue weighted by molar-refractivity contribution is 5.96. The van der Waals surface area contributed by atoms with Crippen molar-refractivity contribution in [2.45, 2.75) is 70.1 Å². The Hall–Kier alpha value is -4.13. The van der Waals surface area contributed by atoms with Crippen molar-refractivity contribution in [2.75, 3.05) is 69.6 Å². The molecule has 13 nitrogen and oxygen atoms in total. The van der Waals surface area contributed by atoms with Gasteiger partial charge in [-0.2, -0.15) is 0 Å². The van der Waals surface area contributed by atoms with Crippen LogP contribution in [0.4, 0.5) is 26.9 Å². The minimum absolute atomic E-state index is 0.0726. The number of urea groups is 1. The van der Waals surface area contributed by atoms with E-state index < -0.39 is 11.5 Å². The standard InChI is InChI=1S/C33H47N9O4/c1-33(2,3)46-32(45)41-20-26(21-41)39-14-11-23(12-15-39)22-7-9-24(10-8-22)36-30-28(29(34)43)35-18-27(37-30)40-13-5-6-25(19-40)42-17-16-38(4)31(42)44/h7-10,18,23,25-26H,5-6,11-17,19-21H2,1-4H3,(H2,34,43)(H,36,37)/t25-/m1/s1. The molecule has 46 heavy (non-hydrogen) atoms. The maximum absolute atomic E-state index is 12.6. The summed E-state index contributed by atoms with van der Waals surface area (Å²) in [5.41, 5.74) is 7.37. The fraction of sp³-hybridized carbons (Fsp3) is 0.606. The Balaban J connectivity index is 1.05. The smallest absolute Gasteiger partial charge is 0.410 e. The van der Waals surface area contributed by atoms with Gasteiger partial charge >= 0.3 is 12.1 Å². The molecule has 4 fully saturated rings. The summed E-state index contributed by atoms with van der Waals surface area (Å²) in [6.45, 7) is 12.1. The molecule has 6 rings (SSSR count). The molecule has 1 aromatic carbocycles. The molecular weight excluding hydrogens is 586 g/mol. The van der Waals surface area contributed by atoms with Crippen LogP contribution in [0.25, 0.3) is 0 Å². The van der Waals surface area contributed by atoms with Gasteiger partial charge in [0.1, 0.15) is 11.4 Å². The molecule has 0 aliphatic carbocycles. The number of nitrogens with two attached hydrogens (primary N) is 1. The first-order valence-corrected chi connectivity index (χ1v) is 16.5. The Bertz CT molecular complexity index is 1430. The molecular formula is C33H47N9O4. The number of nitrogens with one attached hydrogen (secondary N) is 1. The average molecular weight is 634 g/mol. The number of anilines is 3. The monoisotopic (exact) mass is 633 g/mol. The summed E-state index contributed by atoms with van der Waals surface area (Å²) in [6.07, 6.45) is 5.38. The summed E-state index contributed by atoms with van der Waals surface area (Å²) in [5.74, 6) is 0.797. The van der Waals surface area contributed by atoms with Crippen LogP contribution in [0.2, 0.25) is 0 Å². The molecule has 0 unspecified atom stereocenters. The van der Waals surface area contributed by atoms with Crippen molar-refractivity contribution in [1.29, 1.82) is 0 Å². The van der Waals surface area contributed by atoms with E-state index in [1.54, 1.807) is 16.0 Å². The quantitative estimate of drug-likeness (QED) is 0.469. The number of aromatic nitrogens is 2. The van der Waals surface area contributed by atoms with Crippen LogP contribution in [-0.2, 0) is 4.74 Å². The minimum atomic E-state index is -0.646. The zero-order valence-corrected chi connectivity index (χ0v) is 27.4. The van der Waals surface area contributed by atoms with Gasteiger partial charge in [-0.05, 0) is 83.2 Å². The summed E-state index contributed by atoms with van der Waals surface area (Å²) in [6, 6.07) is 8.88. The van der Waals surface area contributed by atoms with Crippen LogP contribution in [0.1, 0.15) is 68.4 Å². The van der Waals surface area contributed by atoms with Gasteiger partial charge in [0.25, 0.3) is 5.91 Å². The van der Waals surface area contributed by atoms with Crippen LogP contribution >= 0.6 is 0 Å². The fourth-order valence-electron chi connectivity index (χ4n) is 6.96. The van der Waals surface area contributed by atoms with Gasteiger partial charge in [-0.3, -0.25) is 9.69 Å². The number of primary amides is 1. The summed E-state index contributed by atoms with van der Waals surface area (Å²) in [7, 11) is 1.84. The highest BCUT2D eigenvalue weighted by Gasteiger charge is 2.38. The number of nitrogens with zero attached hydrogens (tertiary/aromatic N) is 7. The Morgan fingerprint density at radius 2 is 1.67 bits per heavy atom. The first kappa shape index (κ1) is 31.8. The van der Waals surface area contributed by atoms with Crippen molar-refractivity contribution in [1.82, 2.24) is 29.6 Å². The third kappa shape index (κ3) is 6.98. The number of hydrogen-bond acceptors (Lipinski definition) is 9. The second-order valence-electron chi connectivity index (χ2n) is 14.0. The number of benzene rings is 1. The minimum Gasteiger partial charge on any atom is -0.444 e. The maximum Gasteiger partial charge on any atom is 0.410 e. The first-order chi connectivity index (χ1) is 21.9. The predicted octanol–water partition coefficient (Wildman–Crippen LogP) is 3.45.